The van der Waals surface area contributed by atoms with Crippen LogP contribution in [0.5, 0.6) is 0 Å². The molecule has 1 aromatic rings. The molecule has 5 heteroatoms. The van der Waals surface area contributed by atoms with Crippen LogP contribution in [0.3, 0.4) is 0 Å². The van der Waals surface area contributed by atoms with E-state index in [1.807, 2.05) is 30.9 Å². The fraction of sp³-hybridized carbons (Fsp3) is 0.579. The van der Waals surface area contributed by atoms with Crippen LogP contribution in [-0.4, -0.2) is 42.0 Å². The molecule has 0 bridgehead atoms. The van der Waals surface area contributed by atoms with E-state index in [-0.39, 0.29) is 17.7 Å². The Bertz CT molecular complexity index is 608. The minimum absolute atomic E-state index is 0.00542. The van der Waals surface area contributed by atoms with Crippen LogP contribution in [0, 0.1) is 5.92 Å². The van der Waals surface area contributed by atoms with E-state index in [4.69, 9.17) is 4.74 Å². The number of carbonyl (C=O) groups excluding carboxylic acids is 2. The molecule has 3 rings (SSSR count). The Morgan fingerprint density at radius 2 is 2.00 bits per heavy atom. The summed E-state index contributed by atoms with van der Waals surface area (Å²) in [6.45, 7) is 5.89. The van der Waals surface area contributed by atoms with Gasteiger partial charge in [-0.05, 0) is 36.3 Å². The van der Waals surface area contributed by atoms with Gasteiger partial charge in [-0.2, -0.15) is 0 Å². The lowest BCUT2D eigenvalue weighted by molar-refractivity contribution is -0.141. The van der Waals surface area contributed by atoms with Crippen molar-refractivity contribution in [3.63, 3.8) is 0 Å². The highest BCUT2D eigenvalue weighted by Crippen LogP contribution is 2.20. The topological polar surface area (TPSA) is 58.6 Å². The molecule has 130 valence electrons. The van der Waals surface area contributed by atoms with Crippen LogP contribution in [0.25, 0.3) is 0 Å². The molecule has 24 heavy (non-hydrogen) atoms. The van der Waals surface area contributed by atoms with Gasteiger partial charge in [0.25, 0.3) is 0 Å². The smallest absolute Gasteiger partial charge is 0.249 e. The van der Waals surface area contributed by atoms with Gasteiger partial charge in [0.15, 0.2) is 0 Å². The van der Waals surface area contributed by atoms with E-state index in [1.54, 1.807) is 0 Å². The average molecular weight is 330 g/mol. The molecular formula is C19H26N2O3. The van der Waals surface area contributed by atoms with Crippen molar-refractivity contribution >= 4 is 11.8 Å². The summed E-state index contributed by atoms with van der Waals surface area (Å²) in [6.07, 6.45) is 2.11. The third-order valence-electron chi connectivity index (χ3n) is 4.89. The van der Waals surface area contributed by atoms with E-state index in [2.05, 4.69) is 17.4 Å². The summed E-state index contributed by atoms with van der Waals surface area (Å²) in [5.74, 6) is -0.108. The Labute approximate surface area is 143 Å². The molecule has 2 aliphatic heterocycles. The highest BCUT2D eigenvalue weighted by atomic mass is 16.5. The number of amides is 2. The summed E-state index contributed by atoms with van der Waals surface area (Å²) in [7, 11) is 0. The second kappa shape index (κ2) is 7.34. The van der Waals surface area contributed by atoms with Crippen LogP contribution in [0.2, 0.25) is 0 Å². The predicted octanol–water partition coefficient (Wildman–Crippen LogP) is 1.89. The highest BCUT2D eigenvalue weighted by molar-refractivity contribution is 5.89. The molecule has 0 radical (unpaired) electrons. The molecule has 0 saturated carbocycles. The Balaban J connectivity index is 1.67. The summed E-state index contributed by atoms with van der Waals surface area (Å²) >= 11 is 0. The zero-order chi connectivity index (χ0) is 17.1. The van der Waals surface area contributed by atoms with Crippen molar-refractivity contribution in [2.45, 2.75) is 51.8 Å². The number of fused-ring (bicyclic) bond motifs is 1. The second-order valence-electron chi connectivity index (χ2n) is 7.01. The molecule has 1 aromatic carbocycles. The van der Waals surface area contributed by atoms with Gasteiger partial charge in [0.05, 0.1) is 0 Å². The zero-order valence-corrected chi connectivity index (χ0v) is 14.5. The lowest BCUT2D eigenvalue weighted by Crippen LogP contribution is -2.54. The van der Waals surface area contributed by atoms with Crippen LogP contribution in [0.1, 0.15) is 37.8 Å². The number of carbonyl (C=O) groups is 2. The van der Waals surface area contributed by atoms with Gasteiger partial charge in [-0.15, -0.1) is 0 Å². The maximum Gasteiger partial charge on any atom is 0.249 e. The van der Waals surface area contributed by atoms with Gasteiger partial charge in [0.1, 0.15) is 12.1 Å². The van der Waals surface area contributed by atoms with Crippen molar-refractivity contribution in [1.82, 2.24) is 10.2 Å². The summed E-state index contributed by atoms with van der Waals surface area (Å²) in [5.41, 5.74) is 2.51. The number of ether oxygens (including phenoxy) is 1. The average Bonchev–Trinajstić information content (AvgIpc) is 3.13. The van der Waals surface area contributed by atoms with E-state index in [0.29, 0.717) is 19.7 Å². The standard InChI is InChI=1S/C19H26N2O3/c1-13(2)17(20-18(22)16-8-5-11-24-16)19(23)21-10-9-14-6-3-4-7-15(14)12-21/h3-4,6-7,13,16-17H,5,8-12H2,1-2H3,(H,20,22)/t16?,17-/m0/s1. The molecule has 2 atom stereocenters. The van der Waals surface area contributed by atoms with Crippen molar-refractivity contribution in [2.75, 3.05) is 13.2 Å². The van der Waals surface area contributed by atoms with E-state index in [1.165, 1.54) is 11.1 Å². The first-order valence-electron chi connectivity index (χ1n) is 8.84. The van der Waals surface area contributed by atoms with E-state index in [0.717, 1.165) is 19.3 Å². The molecule has 2 heterocycles. The monoisotopic (exact) mass is 330 g/mol. The predicted molar refractivity (Wildman–Crippen MR) is 91.3 cm³/mol. The summed E-state index contributed by atoms with van der Waals surface area (Å²) in [5, 5.41) is 2.92. The first kappa shape index (κ1) is 17.0. The third-order valence-corrected chi connectivity index (χ3v) is 4.89. The lowest BCUT2D eigenvalue weighted by atomic mass is 9.97. The Morgan fingerprint density at radius 1 is 1.25 bits per heavy atom. The molecule has 2 amide bonds. The Kier molecular flexibility index (Phi) is 5.19. The Morgan fingerprint density at radius 3 is 2.67 bits per heavy atom. The maximum absolute atomic E-state index is 13.0. The molecule has 1 unspecified atom stereocenters. The van der Waals surface area contributed by atoms with Crippen molar-refractivity contribution in [2.24, 2.45) is 5.92 Å². The fourth-order valence-corrected chi connectivity index (χ4v) is 3.42. The quantitative estimate of drug-likeness (QED) is 0.917. The first-order chi connectivity index (χ1) is 11.6. The van der Waals surface area contributed by atoms with E-state index >= 15 is 0 Å². The maximum atomic E-state index is 13.0. The van der Waals surface area contributed by atoms with Crippen LogP contribution in [0.15, 0.2) is 24.3 Å². The van der Waals surface area contributed by atoms with Gasteiger partial charge in [0, 0.05) is 19.7 Å². The van der Waals surface area contributed by atoms with Gasteiger partial charge < -0.3 is 15.0 Å². The Hall–Kier alpha value is -1.88. The minimum atomic E-state index is -0.494. The molecule has 2 aliphatic rings. The largest absolute Gasteiger partial charge is 0.368 e. The molecule has 0 aromatic heterocycles. The van der Waals surface area contributed by atoms with Crippen molar-refractivity contribution in [1.29, 1.82) is 0 Å². The number of hydrogen-bond donors (Lipinski definition) is 1. The van der Waals surface area contributed by atoms with Crippen LogP contribution in [-0.2, 0) is 27.3 Å². The molecule has 1 fully saturated rings. The number of hydrogen-bond acceptors (Lipinski definition) is 3. The van der Waals surface area contributed by atoms with Gasteiger partial charge in [-0.3, -0.25) is 9.59 Å². The van der Waals surface area contributed by atoms with Gasteiger partial charge in [-0.25, -0.2) is 0 Å². The third kappa shape index (κ3) is 3.61. The van der Waals surface area contributed by atoms with E-state index in [9.17, 15) is 9.59 Å². The van der Waals surface area contributed by atoms with Crippen LogP contribution >= 0.6 is 0 Å². The van der Waals surface area contributed by atoms with E-state index < -0.39 is 12.1 Å². The number of rotatable bonds is 4. The number of nitrogens with one attached hydrogen (secondary N) is 1. The molecule has 0 aliphatic carbocycles. The molecule has 0 spiro atoms. The molecule has 1 saturated heterocycles. The SMILES string of the molecule is CC(C)[C@H](NC(=O)C1CCCO1)C(=O)N1CCc2ccccc2C1. The number of benzene rings is 1. The molecular weight excluding hydrogens is 304 g/mol. The van der Waals surface area contributed by atoms with Crippen molar-refractivity contribution in [3.8, 4) is 0 Å². The van der Waals surface area contributed by atoms with Gasteiger partial charge >= 0.3 is 0 Å². The summed E-state index contributed by atoms with van der Waals surface area (Å²) < 4.78 is 5.43. The lowest BCUT2D eigenvalue weighted by Gasteiger charge is -2.33. The molecule has 1 N–H and O–H groups in total. The van der Waals surface area contributed by atoms with Crippen molar-refractivity contribution in [3.05, 3.63) is 35.4 Å². The minimum Gasteiger partial charge on any atom is -0.368 e. The van der Waals surface area contributed by atoms with Gasteiger partial charge in [0.2, 0.25) is 11.8 Å². The normalized spacial score (nSPS) is 21.5. The second-order valence-corrected chi connectivity index (χ2v) is 7.01. The first-order valence-corrected chi connectivity index (χ1v) is 8.84. The highest BCUT2D eigenvalue weighted by Gasteiger charge is 2.33. The van der Waals surface area contributed by atoms with Gasteiger partial charge in [-0.1, -0.05) is 38.1 Å². The fourth-order valence-electron chi connectivity index (χ4n) is 3.42. The van der Waals surface area contributed by atoms with Crippen LogP contribution < -0.4 is 5.32 Å². The van der Waals surface area contributed by atoms with Crippen molar-refractivity contribution < 1.29 is 14.3 Å². The number of nitrogens with zero attached hydrogens (tertiary/aromatic N) is 1. The molecule has 5 nitrogen and oxygen atoms in total. The zero-order valence-electron chi connectivity index (χ0n) is 14.5. The summed E-state index contributed by atoms with van der Waals surface area (Å²) in [4.78, 5) is 27.2. The summed E-state index contributed by atoms with van der Waals surface area (Å²) in [6, 6.07) is 7.74. The van der Waals surface area contributed by atoms with Crippen LogP contribution in [0.4, 0.5) is 0 Å².